The number of fused-ring (bicyclic) bond motifs is 5. The smallest absolute Gasteiger partial charge is 0.349 e. The molecule has 5 heterocycles. The van der Waals surface area contributed by atoms with Gasteiger partial charge in [0.2, 0.25) is 5.60 Å². The second-order valence-corrected chi connectivity index (χ2v) is 8.22. The number of quaternary nitrogens is 1. The van der Waals surface area contributed by atoms with Gasteiger partial charge in [0.05, 0.1) is 41.5 Å². The Balaban J connectivity index is 0.00000370. The van der Waals surface area contributed by atoms with Gasteiger partial charge in [-0.15, -0.1) is 22.7 Å². The normalized spacial score (nSPS) is 43.7. The number of carbonyl (C=O) groups is 1. The first-order chi connectivity index (χ1) is 17.7. The zero-order chi connectivity index (χ0) is 29.2. The molecule has 0 amide bonds. The maximum absolute atomic E-state index is 13.7. The molecule has 146 valence electrons. The number of morpholine rings is 1. The highest BCUT2D eigenvalue weighted by atomic mass is 79.9. The van der Waals surface area contributed by atoms with Crippen molar-refractivity contribution >= 4 is 28.6 Å². The van der Waals surface area contributed by atoms with Gasteiger partial charge < -0.3 is 36.0 Å². The van der Waals surface area contributed by atoms with E-state index in [1.807, 2.05) is 0 Å². The summed E-state index contributed by atoms with van der Waals surface area (Å²) in [6.45, 7) is -6.02. The van der Waals surface area contributed by atoms with E-state index in [1.165, 1.54) is 0 Å². The molecule has 3 aliphatic heterocycles. The van der Waals surface area contributed by atoms with Gasteiger partial charge in [-0.05, 0) is 22.8 Å². The zero-order valence-electron chi connectivity index (χ0n) is 26.5. The minimum Gasteiger partial charge on any atom is -1.00 e. The summed E-state index contributed by atoms with van der Waals surface area (Å²) < 4.78 is 115. The molecule has 4 atom stereocenters. The van der Waals surface area contributed by atoms with E-state index < -0.39 is 118 Å². The Labute approximate surface area is 195 Å². The summed E-state index contributed by atoms with van der Waals surface area (Å²) in [7, 11) is 0. The molecule has 2 bridgehead atoms. The molecule has 0 spiro atoms. The van der Waals surface area contributed by atoms with Gasteiger partial charge in [0.1, 0.15) is 30.4 Å². The first kappa shape index (κ1) is 9.36. The minimum atomic E-state index is -3.03. The molecule has 4 unspecified atom stereocenters. The second kappa shape index (κ2) is 6.64. The highest BCUT2D eigenvalue weighted by Crippen LogP contribution is 2.52. The SMILES string of the molecule is [2H]c1sc(C(O)(C(=O)OC2([2H])CC3C4OC4C(C2)[N+]3(C([2H])([2H])[2H])C([2H])([2H])[2H])c2sc([2H])c([2H])c2[2H])c([2H])c1[2H].[Br-]. The molecule has 0 radical (unpaired) electrons. The van der Waals surface area contributed by atoms with Crippen molar-refractivity contribution in [1.82, 2.24) is 0 Å². The number of ether oxygens (including phenoxy) is 2. The molecule has 27 heavy (non-hydrogen) atoms. The van der Waals surface area contributed by atoms with E-state index in [4.69, 9.17) is 27.3 Å². The Hall–Kier alpha value is -0.770. The summed E-state index contributed by atoms with van der Waals surface area (Å²) in [4.78, 5) is 12.6. The van der Waals surface area contributed by atoms with E-state index in [9.17, 15) is 9.90 Å². The van der Waals surface area contributed by atoms with E-state index in [0.29, 0.717) is 22.7 Å². The molecule has 2 aromatic rings. The fourth-order valence-corrected chi connectivity index (χ4v) is 5.15. The summed E-state index contributed by atoms with van der Waals surface area (Å²) in [5, 5.41) is 10.8. The van der Waals surface area contributed by atoms with Crippen LogP contribution in [0, 0.1) is 0 Å². The monoisotopic (exact) mass is 484 g/mol. The number of esters is 1. The molecule has 0 aromatic carbocycles. The van der Waals surface area contributed by atoms with Crippen molar-refractivity contribution in [3.05, 3.63) is 44.6 Å². The van der Waals surface area contributed by atoms with Crippen molar-refractivity contribution < 1.29 is 58.7 Å². The lowest BCUT2D eigenvalue weighted by Crippen LogP contribution is -3.00. The van der Waals surface area contributed by atoms with Gasteiger partial charge in [0, 0.05) is 12.8 Å². The van der Waals surface area contributed by atoms with Crippen molar-refractivity contribution in [3.63, 3.8) is 0 Å². The molecule has 1 N–H and O–H groups in total. The van der Waals surface area contributed by atoms with Crippen LogP contribution >= 0.6 is 22.7 Å². The van der Waals surface area contributed by atoms with Gasteiger partial charge in [0.25, 0.3) is 0 Å². The van der Waals surface area contributed by atoms with Gasteiger partial charge in [-0.1, -0.05) is 12.1 Å². The number of hydrogen-bond acceptors (Lipinski definition) is 6. The lowest BCUT2D eigenvalue weighted by Gasteiger charge is -2.45. The fraction of sp³-hybridized carbons (Fsp3) is 0.526. The van der Waals surface area contributed by atoms with E-state index in [-0.39, 0.29) is 17.0 Å². The van der Waals surface area contributed by atoms with Gasteiger partial charge in [0.15, 0.2) is 0 Å². The quantitative estimate of drug-likeness (QED) is 0.356. The molecule has 8 heteroatoms. The molecule has 5 nitrogen and oxygen atoms in total. The molecule has 5 rings (SSSR count). The van der Waals surface area contributed by atoms with Crippen LogP contribution in [0.3, 0.4) is 0 Å². The predicted molar refractivity (Wildman–Crippen MR) is 99.1 cm³/mol. The summed E-state index contributed by atoms with van der Waals surface area (Å²) in [5.41, 5.74) is -3.03. The van der Waals surface area contributed by atoms with Crippen LogP contribution in [0.2, 0.25) is 0 Å². The number of halogens is 1. The number of likely N-dealkylation sites (N-methyl/N-ethyl adjacent to an activating group) is 1. The van der Waals surface area contributed by atoms with Crippen molar-refractivity contribution in [2.24, 2.45) is 0 Å². The van der Waals surface area contributed by atoms with Gasteiger partial charge in [-0.2, -0.15) is 0 Å². The highest BCUT2D eigenvalue weighted by Gasteiger charge is 2.71. The highest BCUT2D eigenvalue weighted by molar-refractivity contribution is 7.12. The Morgan fingerprint density at radius 2 is 1.85 bits per heavy atom. The maximum Gasteiger partial charge on any atom is 0.349 e. The first-order valence-corrected chi connectivity index (χ1v) is 9.49. The van der Waals surface area contributed by atoms with Crippen LogP contribution in [0.25, 0.3) is 0 Å². The largest absolute Gasteiger partial charge is 1.00 e. The maximum atomic E-state index is 13.7. The van der Waals surface area contributed by atoms with Crippen LogP contribution < -0.4 is 17.0 Å². The summed E-state index contributed by atoms with van der Waals surface area (Å²) in [6, 6.07) is -5.21. The van der Waals surface area contributed by atoms with Crippen molar-refractivity contribution in [3.8, 4) is 0 Å². The number of piperidine rings is 1. The van der Waals surface area contributed by atoms with Crippen molar-refractivity contribution in [2.45, 2.75) is 48.8 Å². The summed E-state index contributed by atoms with van der Waals surface area (Å²) in [5.74, 6) is -1.58. The van der Waals surface area contributed by atoms with Crippen LogP contribution in [0.4, 0.5) is 0 Å². The molecule has 2 aromatic heterocycles. The number of hydrogen-bond donors (Lipinski definition) is 1. The van der Waals surface area contributed by atoms with Crippen LogP contribution in [-0.2, 0) is 19.9 Å². The second-order valence-electron chi connectivity index (χ2n) is 6.59. The van der Waals surface area contributed by atoms with Crippen LogP contribution in [0.5, 0.6) is 0 Å². The predicted octanol–water partition coefficient (Wildman–Crippen LogP) is -0.650. The van der Waals surface area contributed by atoms with Gasteiger partial charge >= 0.3 is 5.97 Å². The number of carbonyl (C=O) groups excluding carboxylic acids is 1. The number of epoxide rings is 1. The number of aliphatic hydroxyl groups is 1. The van der Waals surface area contributed by atoms with E-state index in [2.05, 4.69) is 0 Å². The van der Waals surface area contributed by atoms with E-state index in [0.717, 1.165) is 0 Å². The van der Waals surface area contributed by atoms with Crippen LogP contribution in [-0.4, -0.2) is 59.9 Å². The third-order valence-corrected chi connectivity index (χ3v) is 6.80. The van der Waals surface area contributed by atoms with Crippen molar-refractivity contribution in [1.29, 1.82) is 0 Å². The Morgan fingerprint density at radius 3 is 2.30 bits per heavy atom. The lowest BCUT2D eigenvalue weighted by atomic mass is 9.95. The molecular formula is C19H22BrNO4S2. The molecular weight excluding hydrogens is 450 g/mol. The Kier molecular flexibility index (Phi) is 2.30. The third kappa shape index (κ3) is 2.84. The average molecular weight is 486 g/mol. The van der Waals surface area contributed by atoms with E-state index in [1.54, 1.807) is 0 Å². The fourth-order valence-electron chi connectivity index (χ4n) is 3.81. The topological polar surface area (TPSA) is 59.1 Å². The minimum absolute atomic E-state index is 0. The Morgan fingerprint density at radius 1 is 1.30 bits per heavy atom. The lowest BCUT2D eigenvalue weighted by molar-refractivity contribution is -0.938. The molecule has 0 aliphatic carbocycles. The van der Waals surface area contributed by atoms with E-state index >= 15 is 0 Å². The van der Waals surface area contributed by atoms with Crippen LogP contribution in [0.15, 0.2) is 34.9 Å². The summed E-state index contributed by atoms with van der Waals surface area (Å²) in [6.07, 6.45) is -4.96. The van der Waals surface area contributed by atoms with Crippen molar-refractivity contribution in [2.75, 3.05) is 14.0 Å². The van der Waals surface area contributed by atoms with Gasteiger partial charge in [-0.3, -0.25) is 0 Å². The number of thiophene rings is 2. The molecule has 3 aliphatic rings. The molecule has 3 saturated heterocycles. The molecule has 0 saturated carbocycles. The number of rotatable bonds is 4. The number of nitrogens with zero attached hydrogens (tertiary/aromatic N) is 1. The van der Waals surface area contributed by atoms with Gasteiger partial charge in [-0.25, -0.2) is 4.79 Å². The first-order valence-electron chi connectivity index (χ1n) is 14.4. The standard InChI is InChI=1S/C19H22NO4S2.BrH/c1-20(2)12-9-11(10-13(20)17-16(12)24-17)23-18(21)19(22,14-5-3-7-25-14)15-6-4-8-26-15;/h3-8,11-13,16-17,22H,9-10H2,1-2H3;1H/q+1;/p-1/i1D3,2D3,3D,4D,5D,6D,7D,8D,11D;. The molecule has 3 fully saturated rings. The summed E-state index contributed by atoms with van der Waals surface area (Å²) >= 11 is 0.784. The third-order valence-electron chi connectivity index (χ3n) is 5.19. The Bertz CT molecular complexity index is 1290. The zero-order valence-corrected chi connectivity index (χ0v) is 16.8. The van der Waals surface area contributed by atoms with Crippen LogP contribution in [0.1, 0.15) is 40.4 Å². The average Bonchev–Trinajstić information content (AvgIpc) is 3.45.